The van der Waals surface area contributed by atoms with Gasteiger partial charge in [0, 0.05) is 5.54 Å². The molecule has 5 nitrogen and oxygen atoms in total. The normalized spacial score (nSPS) is 10.9. The number of carboxylic acids is 1. The van der Waals surface area contributed by atoms with Crippen LogP contribution in [-0.4, -0.2) is 22.6 Å². The molecule has 104 valence electrons. The van der Waals surface area contributed by atoms with Crippen molar-refractivity contribution in [3.8, 4) is 0 Å². The minimum atomic E-state index is -0.973. The zero-order valence-electron chi connectivity index (χ0n) is 11.1. The Bertz CT molecular complexity index is 480. The molecule has 0 bridgehead atoms. The molecule has 0 unspecified atom stereocenters. The molecule has 0 heterocycles. The van der Waals surface area contributed by atoms with Gasteiger partial charge >= 0.3 is 12.0 Å². The molecule has 0 radical (unpaired) electrons. The summed E-state index contributed by atoms with van der Waals surface area (Å²) in [6.07, 6.45) is -0.165. The van der Waals surface area contributed by atoms with Crippen LogP contribution < -0.4 is 10.6 Å². The van der Waals surface area contributed by atoms with E-state index in [1.54, 1.807) is 26.0 Å². The van der Waals surface area contributed by atoms with Crippen molar-refractivity contribution >= 4 is 29.3 Å². The highest BCUT2D eigenvalue weighted by Gasteiger charge is 2.24. The summed E-state index contributed by atoms with van der Waals surface area (Å²) in [4.78, 5) is 22.5. The van der Waals surface area contributed by atoms with Crippen LogP contribution in [0.15, 0.2) is 18.2 Å². The highest BCUT2D eigenvalue weighted by molar-refractivity contribution is 6.33. The average molecular weight is 285 g/mol. The van der Waals surface area contributed by atoms with Gasteiger partial charge in [0.15, 0.2) is 0 Å². The Balaban J connectivity index is 2.73. The summed E-state index contributed by atoms with van der Waals surface area (Å²) in [5.41, 5.74) is 0.511. The molecule has 0 saturated carbocycles. The summed E-state index contributed by atoms with van der Waals surface area (Å²) < 4.78 is 0. The van der Waals surface area contributed by atoms with Crippen LogP contribution in [0, 0.1) is 6.92 Å². The minimum absolute atomic E-state index is 0.165. The Morgan fingerprint density at radius 3 is 2.53 bits per heavy atom. The number of carboxylic acid groups (broad SMARTS) is 1. The van der Waals surface area contributed by atoms with Gasteiger partial charge in [-0.3, -0.25) is 4.79 Å². The molecule has 0 spiro atoms. The second-order valence-electron chi connectivity index (χ2n) is 4.97. The maximum Gasteiger partial charge on any atom is 0.319 e. The van der Waals surface area contributed by atoms with E-state index in [9.17, 15) is 9.59 Å². The lowest BCUT2D eigenvalue weighted by molar-refractivity contribution is -0.138. The number of carbonyl (C=O) groups is 2. The summed E-state index contributed by atoms with van der Waals surface area (Å²) in [5.74, 6) is -0.973. The van der Waals surface area contributed by atoms with Gasteiger partial charge in [0.1, 0.15) is 0 Å². The monoisotopic (exact) mass is 284 g/mol. The van der Waals surface area contributed by atoms with Crippen molar-refractivity contribution in [1.29, 1.82) is 0 Å². The lowest BCUT2D eigenvalue weighted by Crippen LogP contribution is -2.46. The number of para-hydroxylation sites is 1. The molecule has 3 N–H and O–H groups in total. The van der Waals surface area contributed by atoms with Crippen LogP contribution in [0.3, 0.4) is 0 Å². The Hall–Kier alpha value is -1.75. The molecule has 19 heavy (non-hydrogen) atoms. The van der Waals surface area contributed by atoms with Gasteiger partial charge < -0.3 is 15.7 Å². The van der Waals surface area contributed by atoms with E-state index in [1.165, 1.54) is 0 Å². The van der Waals surface area contributed by atoms with Crippen LogP contribution in [0.4, 0.5) is 10.5 Å². The van der Waals surface area contributed by atoms with Gasteiger partial charge in [-0.15, -0.1) is 0 Å². The van der Waals surface area contributed by atoms with E-state index in [2.05, 4.69) is 10.6 Å². The molecule has 0 aliphatic carbocycles. The molecule has 0 aliphatic heterocycles. The number of anilines is 1. The largest absolute Gasteiger partial charge is 0.481 e. The zero-order valence-corrected chi connectivity index (χ0v) is 11.8. The molecule has 1 rings (SSSR count). The third kappa shape index (κ3) is 4.79. The van der Waals surface area contributed by atoms with Crippen LogP contribution in [0.5, 0.6) is 0 Å². The first-order valence-electron chi connectivity index (χ1n) is 5.77. The number of halogens is 1. The molecule has 1 aromatic carbocycles. The number of hydrogen-bond acceptors (Lipinski definition) is 2. The van der Waals surface area contributed by atoms with E-state index >= 15 is 0 Å². The van der Waals surface area contributed by atoms with E-state index in [0.717, 1.165) is 5.56 Å². The van der Waals surface area contributed by atoms with Crippen LogP contribution in [-0.2, 0) is 4.79 Å². The SMILES string of the molecule is Cc1cccc(Cl)c1NC(=O)NC(C)(C)CC(=O)O. The van der Waals surface area contributed by atoms with Crippen LogP contribution in [0.2, 0.25) is 5.02 Å². The third-order valence-corrected chi connectivity index (χ3v) is 2.82. The van der Waals surface area contributed by atoms with Gasteiger partial charge in [-0.25, -0.2) is 4.79 Å². The molecule has 2 amide bonds. The Labute approximate surface area is 117 Å². The Morgan fingerprint density at radius 1 is 1.37 bits per heavy atom. The lowest BCUT2D eigenvalue weighted by Gasteiger charge is -2.24. The Morgan fingerprint density at radius 2 is 2.00 bits per heavy atom. The van der Waals surface area contributed by atoms with E-state index in [1.807, 2.05) is 13.0 Å². The summed E-state index contributed by atoms with van der Waals surface area (Å²) in [6.45, 7) is 5.10. The molecular formula is C13H17ClN2O3. The Kier molecular flexibility index (Phi) is 4.78. The van der Waals surface area contributed by atoms with Gasteiger partial charge in [-0.05, 0) is 32.4 Å². The molecule has 0 aromatic heterocycles. The van der Waals surface area contributed by atoms with Crippen molar-refractivity contribution in [1.82, 2.24) is 5.32 Å². The van der Waals surface area contributed by atoms with Gasteiger partial charge in [-0.1, -0.05) is 23.7 Å². The number of aliphatic carboxylic acids is 1. The smallest absolute Gasteiger partial charge is 0.319 e. The number of benzene rings is 1. The van der Waals surface area contributed by atoms with Crippen LogP contribution in [0.1, 0.15) is 25.8 Å². The minimum Gasteiger partial charge on any atom is -0.481 e. The summed E-state index contributed by atoms with van der Waals surface area (Å²) in [7, 11) is 0. The van der Waals surface area contributed by atoms with Gasteiger partial charge in [-0.2, -0.15) is 0 Å². The molecule has 0 atom stereocenters. The predicted molar refractivity (Wildman–Crippen MR) is 74.7 cm³/mol. The first-order chi connectivity index (χ1) is 8.71. The quantitative estimate of drug-likeness (QED) is 0.795. The van der Waals surface area contributed by atoms with Gasteiger partial charge in [0.25, 0.3) is 0 Å². The van der Waals surface area contributed by atoms with Crippen molar-refractivity contribution in [3.63, 3.8) is 0 Å². The summed E-state index contributed by atoms with van der Waals surface area (Å²) in [6, 6.07) is 4.80. The fraction of sp³-hybridized carbons (Fsp3) is 0.385. The van der Waals surface area contributed by atoms with Gasteiger partial charge in [0.05, 0.1) is 17.1 Å². The first-order valence-corrected chi connectivity index (χ1v) is 6.15. The van der Waals surface area contributed by atoms with Crippen LogP contribution >= 0.6 is 11.6 Å². The van der Waals surface area contributed by atoms with E-state index in [0.29, 0.717) is 10.7 Å². The molecule has 0 fully saturated rings. The van der Waals surface area contributed by atoms with Crippen molar-refractivity contribution in [2.45, 2.75) is 32.7 Å². The molecule has 1 aromatic rings. The number of urea groups is 1. The van der Waals surface area contributed by atoms with Crippen molar-refractivity contribution in [3.05, 3.63) is 28.8 Å². The summed E-state index contributed by atoms with van der Waals surface area (Å²) in [5, 5.41) is 14.4. The first kappa shape index (κ1) is 15.3. The fourth-order valence-corrected chi connectivity index (χ4v) is 1.93. The molecule has 6 heteroatoms. The van der Waals surface area contributed by atoms with Crippen molar-refractivity contribution in [2.24, 2.45) is 0 Å². The lowest BCUT2D eigenvalue weighted by atomic mass is 10.0. The van der Waals surface area contributed by atoms with E-state index in [-0.39, 0.29) is 6.42 Å². The van der Waals surface area contributed by atoms with Crippen LogP contribution in [0.25, 0.3) is 0 Å². The van der Waals surface area contributed by atoms with Crippen molar-refractivity contribution < 1.29 is 14.7 Å². The average Bonchev–Trinajstić information content (AvgIpc) is 2.20. The molecular weight excluding hydrogens is 268 g/mol. The predicted octanol–water partition coefficient (Wildman–Crippen LogP) is 3.02. The maximum absolute atomic E-state index is 11.8. The second-order valence-corrected chi connectivity index (χ2v) is 5.37. The second kappa shape index (κ2) is 5.93. The number of aryl methyl sites for hydroxylation is 1. The van der Waals surface area contributed by atoms with Crippen molar-refractivity contribution in [2.75, 3.05) is 5.32 Å². The number of amides is 2. The number of carbonyl (C=O) groups excluding carboxylic acids is 1. The zero-order chi connectivity index (χ0) is 14.6. The third-order valence-electron chi connectivity index (χ3n) is 2.51. The number of rotatable bonds is 4. The number of nitrogens with one attached hydrogen (secondary N) is 2. The van der Waals surface area contributed by atoms with Gasteiger partial charge in [0.2, 0.25) is 0 Å². The standard InChI is InChI=1S/C13H17ClN2O3/c1-8-5-4-6-9(14)11(8)15-12(19)16-13(2,3)7-10(17)18/h4-6H,7H2,1-3H3,(H,17,18)(H2,15,16,19). The fourth-order valence-electron chi connectivity index (χ4n) is 1.66. The van der Waals surface area contributed by atoms with E-state index in [4.69, 9.17) is 16.7 Å². The maximum atomic E-state index is 11.8. The molecule has 0 aliphatic rings. The molecule has 0 saturated heterocycles. The highest BCUT2D eigenvalue weighted by Crippen LogP contribution is 2.25. The number of hydrogen-bond donors (Lipinski definition) is 3. The topological polar surface area (TPSA) is 78.4 Å². The summed E-state index contributed by atoms with van der Waals surface area (Å²) >= 11 is 5.99. The van der Waals surface area contributed by atoms with E-state index < -0.39 is 17.5 Å². The highest BCUT2D eigenvalue weighted by atomic mass is 35.5.